The molecule has 0 aromatic heterocycles. The maximum atomic E-state index is 12.9. The molecule has 1 aromatic rings. The Labute approximate surface area is 152 Å². The van der Waals surface area contributed by atoms with Crippen molar-refractivity contribution in [1.82, 2.24) is 4.90 Å². The van der Waals surface area contributed by atoms with Crippen LogP contribution >= 0.6 is 12.4 Å². The van der Waals surface area contributed by atoms with Crippen LogP contribution in [0.3, 0.4) is 0 Å². The fourth-order valence-electron chi connectivity index (χ4n) is 3.48. The van der Waals surface area contributed by atoms with E-state index in [2.05, 4.69) is 12.1 Å². The lowest BCUT2D eigenvalue weighted by Gasteiger charge is -2.37. The summed E-state index contributed by atoms with van der Waals surface area (Å²) < 4.78 is 5.18. The van der Waals surface area contributed by atoms with E-state index >= 15 is 0 Å². The molecule has 5 heteroatoms. The molecule has 1 aliphatic rings. The smallest absolute Gasteiger partial charge is 0.223 e. The summed E-state index contributed by atoms with van der Waals surface area (Å²) in [5.41, 5.74) is 7.21. The van der Waals surface area contributed by atoms with Gasteiger partial charge >= 0.3 is 0 Å². The van der Waals surface area contributed by atoms with Crippen LogP contribution < -0.4 is 5.73 Å². The number of hydrogen-bond donors (Lipinski definition) is 1. The molecule has 0 heterocycles. The number of carbonyl (C=O) groups is 1. The van der Waals surface area contributed by atoms with E-state index in [4.69, 9.17) is 10.5 Å². The van der Waals surface area contributed by atoms with Gasteiger partial charge in [-0.3, -0.25) is 4.79 Å². The van der Waals surface area contributed by atoms with E-state index in [-0.39, 0.29) is 23.7 Å². The lowest BCUT2D eigenvalue weighted by Crippen LogP contribution is -2.41. The number of halogens is 1. The zero-order valence-corrected chi connectivity index (χ0v) is 15.5. The van der Waals surface area contributed by atoms with Crippen LogP contribution in [0.1, 0.15) is 44.1 Å². The van der Waals surface area contributed by atoms with Crippen molar-refractivity contribution >= 4 is 18.3 Å². The maximum absolute atomic E-state index is 12.9. The third kappa shape index (κ3) is 6.08. The minimum atomic E-state index is 0. The van der Waals surface area contributed by atoms with Crippen LogP contribution in [0, 0.1) is 5.41 Å². The number of ether oxygens (including phenoxy) is 1. The molecule has 1 aliphatic carbocycles. The molecule has 2 rings (SSSR count). The number of nitrogens with zero attached hydrogens (tertiary/aromatic N) is 1. The van der Waals surface area contributed by atoms with E-state index in [9.17, 15) is 4.79 Å². The fraction of sp³-hybridized carbons (Fsp3) is 0.632. The summed E-state index contributed by atoms with van der Waals surface area (Å²) in [4.78, 5) is 14.8. The summed E-state index contributed by atoms with van der Waals surface area (Å²) >= 11 is 0. The highest BCUT2D eigenvalue weighted by Crippen LogP contribution is 2.38. The van der Waals surface area contributed by atoms with Crippen LogP contribution in [-0.2, 0) is 16.1 Å². The first-order chi connectivity index (χ1) is 11.2. The Balaban J connectivity index is 0.00000288. The van der Waals surface area contributed by atoms with Gasteiger partial charge < -0.3 is 15.4 Å². The standard InChI is InChI=1S/C19H30N2O2.ClH/c1-23-13-12-21(15-17-8-4-2-5-9-17)18(22)14-19(16-20)10-6-3-7-11-19;/h2,4-5,8-9H,3,6-7,10-16,20H2,1H3;1H. The first kappa shape index (κ1) is 20.9. The third-order valence-corrected chi connectivity index (χ3v) is 5.01. The van der Waals surface area contributed by atoms with Crippen molar-refractivity contribution in [2.24, 2.45) is 11.1 Å². The predicted octanol–water partition coefficient (Wildman–Crippen LogP) is 3.38. The van der Waals surface area contributed by atoms with Gasteiger partial charge in [0, 0.05) is 26.6 Å². The van der Waals surface area contributed by atoms with Gasteiger partial charge in [0.25, 0.3) is 0 Å². The zero-order valence-electron chi connectivity index (χ0n) is 14.7. The third-order valence-electron chi connectivity index (χ3n) is 5.01. The number of hydrogen-bond acceptors (Lipinski definition) is 3. The molecule has 1 amide bonds. The second-order valence-corrected chi connectivity index (χ2v) is 6.74. The van der Waals surface area contributed by atoms with Gasteiger partial charge in [-0.15, -0.1) is 12.4 Å². The lowest BCUT2D eigenvalue weighted by atomic mass is 9.71. The van der Waals surface area contributed by atoms with Crippen LogP contribution in [0.15, 0.2) is 30.3 Å². The minimum Gasteiger partial charge on any atom is -0.383 e. The Morgan fingerprint density at radius 2 is 1.88 bits per heavy atom. The van der Waals surface area contributed by atoms with Crippen LogP contribution in [0.4, 0.5) is 0 Å². The van der Waals surface area contributed by atoms with E-state index in [1.807, 2.05) is 23.1 Å². The molecule has 0 radical (unpaired) electrons. The second kappa shape index (κ2) is 10.7. The van der Waals surface area contributed by atoms with Gasteiger partial charge in [0.05, 0.1) is 6.61 Å². The summed E-state index contributed by atoms with van der Waals surface area (Å²) in [6.07, 6.45) is 6.40. The minimum absolute atomic E-state index is 0. The summed E-state index contributed by atoms with van der Waals surface area (Å²) in [5, 5.41) is 0. The molecule has 4 nitrogen and oxygen atoms in total. The topological polar surface area (TPSA) is 55.6 Å². The first-order valence-corrected chi connectivity index (χ1v) is 8.70. The molecule has 136 valence electrons. The Morgan fingerprint density at radius 3 is 2.46 bits per heavy atom. The Kier molecular flexibility index (Phi) is 9.34. The van der Waals surface area contributed by atoms with Crippen molar-refractivity contribution in [1.29, 1.82) is 0 Å². The molecule has 1 saturated carbocycles. The van der Waals surface area contributed by atoms with E-state index in [1.54, 1.807) is 7.11 Å². The summed E-state index contributed by atoms with van der Waals surface area (Å²) in [7, 11) is 1.67. The van der Waals surface area contributed by atoms with Crippen molar-refractivity contribution in [2.45, 2.75) is 45.1 Å². The molecule has 0 spiro atoms. The van der Waals surface area contributed by atoms with E-state index in [0.717, 1.165) is 18.4 Å². The molecule has 2 N–H and O–H groups in total. The second-order valence-electron chi connectivity index (χ2n) is 6.74. The van der Waals surface area contributed by atoms with Crippen LogP contribution in [0.5, 0.6) is 0 Å². The largest absolute Gasteiger partial charge is 0.383 e. The van der Waals surface area contributed by atoms with Crippen molar-refractivity contribution < 1.29 is 9.53 Å². The van der Waals surface area contributed by atoms with E-state index in [1.165, 1.54) is 19.3 Å². The number of rotatable bonds is 8. The van der Waals surface area contributed by atoms with Gasteiger partial charge in [0.1, 0.15) is 0 Å². The van der Waals surface area contributed by atoms with Crippen molar-refractivity contribution in [3.05, 3.63) is 35.9 Å². The fourth-order valence-corrected chi connectivity index (χ4v) is 3.48. The normalized spacial score (nSPS) is 16.2. The first-order valence-electron chi connectivity index (χ1n) is 8.70. The lowest BCUT2D eigenvalue weighted by molar-refractivity contribution is -0.135. The van der Waals surface area contributed by atoms with E-state index in [0.29, 0.717) is 32.7 Å². The van der Waals surface area contributed by atoms with Gasteiger partial charge in [-0.05, 0) is 30.4 Å². The molecule has 1 aromatic carbocycles. The summed E-state index contributed by atoms with van der Waals surface area (Å²) in [5.74, 6) is 0.207. The molecular weight excluding hydrogens is 324 g/mol. The van der Waals surface area contributed by atoms with Gasteiger partial charge in [0.2, 0.25) is 5.91 Å². The zero-order chi connectivity index (χ0) is 16.5. The van der Waals surface area contributed by atoms with Crippen LogP contribution in [0.2, 0.25) is 0 Å². The molecular formula is C19H31ClN2O2. The molecule has 0 unspecified atom stereocenters. The summed E-state index contributed by atoms with van der Waals surface area (Å²) in [6, 6.07) is 10.1. The highest BCUT2D eigenvalue weighted by molar-refractivity contribution is 5.85. The SMILES string of the molecule is COCCN(Cc1ccccc1)C(=O)CC1(CN)CCCCC1.Cl. The molecule has 1 fully saturated rings. The molecule has 0 bridgehead atoms. The summed E-state index contributed by atoms with van der Waals surface area (Å²) in [6.45, 7) is 2.45. The highest BCUT2D eigenvalue weighted by atomic mass is 35.5. The number of amides is 1. The Morgan fingerprint density at radius 1 is 1.21 bits per heavy atom. The van der Waals surface area contributed by atoms with Crippen LogP contribution in [0.25, 0.3) is 0 Å². The average Bonchev–Trinajstić information content (AvgIpc) is 2.60. The van der Waals surface area contributed by atoms with Crippen molar-refractivity contribution in [3.63, 3.8) is 0 Å². The monoisotopic (exact) mass is 354 g/mol. The van der Waals surface area contributed by atoms with Gasteiger partial charge in [-0.1, -0.05) is 49.6 Å². The van der Waals surface area contributed by atoms with Gasteiger partial charge in [0.15, 0.2) is 0 Å². The molecule has 0 aliphatic heterocycles. The van der Waals surface area contributed by atoms with Gasteiger partial charge in [-0.2, -0.15) is 0 Å². The maximum Gasteiger partial charge on any atom is 0.223 e. The number of benzene rings is 1. The Bertz CT molecular complexity index is 476. The average molecular weight is 355 g/mol. The van der Waals surface area contributed by atoms with Gasteiger partial charge in [-0.25, -0.2) is 0 Å². The molecule has 0 saturated heterocycles. The highest BCUT2D eigenvalue weighted by Gasteiger charge is 2.34. The van der Waals surface area contributed by atoms with E-state index < -0.39 is 0 Å². The number of carbonyl (C=O) groups excluding carboxylic acids is 1. The molecule has 24 heavy (non-hydrogen) atoms. The van der Waals surface area contributed by atoms with Crippen molar-refractivity contribution in [2.75, 3.05) is 26.8 Å². The number of methoxy groups -OCH3 is 1. The predicted molar refractivity (Wildman–Crippen MR) is 100 cm³/mol. The molecule has 0 atom stereocenters. The Hall–Kier alpha value is -1.10. The van der Waals surface area contributed by atoms with Crippen molar-refractivity contribution in [3.8, 4) is 0 Å². The number of nitrogens with two attached hydrogens (primary N) is 1. The quantitative estimate of drug-likeness (QED) is 0.778. The van der Waals surface area contributed by atoms with Crippen LogP contribution in [-0.4, -0.2) is 37.6 Å².